The fourth-order valence-electron chi connectivity index (χ4n) is 3.12. The quantitative estimate of drug-likeness (QED) is 0.910. The SMILES string of the molecule is COc1ccccc1NC(=O)N1CCCN(Cc2ccc(F)cc2)CC1. The average molecular weight is 357 g/mol. The number of amides is 2. The molecule has 0 saturated carbocycles. The van der Waals surface area contributed by atoms with Crippen LogP contribution in [0.1, 0.15) is 12.0 Å². The van der Waals surface area contributed by atoms with E-state index >= 15 is 0 Å². The van der Waals surface area contributed by atoms with Crippen LogP contribution in [-0.2, 0) is 6.54 Å². The lowest BCUT2D eigenvalue weighted by Gasteiger charge is -2.23. The van der Waals surface area contributed by atoms with E-state index in [9.17, 15) is 9.18 Å². The van der Waals surface area contributed by atoms with E-state index in [0.29, 0.717) is 24.5 Å². The van der Waals surface area contributed by atoms with E-state index in [4.69, 9.17) is 4.74 Å². The molecule has 3 rings (SSSR count). The van der Waals surface area contributed by atoms with Gasteiger partial charge in [0.25, 0.3) is 0 Å². The lowest BCUT2D eigenvalue weighted by atomic mass is 10.2. The van der Waals surface area contributed by atoms with E-state index in [-0.39, 0.29) is 11.8 Å². The number of hydrogen-bond acceptors (Lipinski definition) is 3. The Morgan fingerprint density at radius 2 is 1.85 bits per heavy atom. The zero-order chi connectivity index (χ0) is 18.4. The first-order valence-electron chi connectivity index (χ1n) is 8.81. The Balaban J connectivity index is 1.56. The summed E-state index contributed by atoms with van der Waals surface area (Å²) in [5.41, 5.74) is 1.76. The first-order valence-corrected chi connectivity index (χ1v) is 8.81. The van der Waals surface area contributed by atoms with Gasteiger partial charge in [-0.1, -0.05) is 24.3 Å². The Bertz CT molecular complexity index is 736. The Kier molecular flexibility index (Phi) is 6.07. The number of hydrogen-bond donors (Lipinski definition) is 1. The van der Waals surface area contributed by atoms with Crippen molar-refractivity contribution in [1.29, 1.82) is 0 Å². The summed E-state index contributed by atoms with van der Waals surface area (Å²) in [5.74, 6) is 0.428. The van der Waals surface area contributed by atoms with Gasteiger partial charge in [-0.15, -0.1) is 0 Å². The molecule has 26 heavy (non-hydrogen) atoms. The van der Waals surface area contributed by atoms with Gasteiger partial charge in [-0.05, 0) is 36.2 Å². The molecule has 0 unspecified atom stereocenters. The topological polar surface area (TPSA) is 44.8 Å². The molecule has 0 aromatic heterocycles. The second-order valence-corrected chi connectivity index (χ2v) is 6.37. The summed E-state index contributed by atoms with van der Waals surface area (Å²) in [4.78, 5) is 16.7. The van der Waals surface area contributed by atoms with Crippen molar-refractivity contribution in [2.45, 2.75) is 13.0 Å². The number of nitrogens with one attached hydrogen (secondary N) is 1. The number of nitrogens with zero attached hydrogens (tertiary/aromatic N) is 2. The number of ether oxygens (including phenoxy) is 1. The van der Waals surface area contributed by atoms with E-state index in [2.05, 4.69) is 10.2 Å². The van der Waals surface area contributed by atoms with E-state index in [1.807, 2.05) is 41.3 Å². The molecule has 1 heterocycles. The molecule has 0 aliphatic carbocycles. The van der Waals surface area contributed by atoms with E-state index in [1.165, 1.54) is 12.1 Å². The Morgan fingerprint density at radius 1 is 1.08 bits per heavy atom. The van der Waals surface area contributed by atoms with Gasteiger partial charge in [-0.25, -0.2) is 9.18 Å². The number of urea groups is 1. The zero-order valence-corrected chi connectivity index (χ0v) is 15.0. The molecule has 2 aromatic rings. The summed E-state index contributed by atoms with van der Waals surface area (Å²) < 4.78 is 18.3. The highest BCUT2D eigenvalue weighted by Gasteiger charge is 2.20. The number of carbonyl (C=O) groups is 1. The van der Waals surface area contributed by atoms with E-state index in [1.54, 1.807) is 7.11 Å². The fourth-order valence-corrected chi connectivity index (χ4v) is 3.12. The molecule has 1 N–H and O–H groups in total. The van der Waals surface area contributed by atoms with Crippen LogP contribution in [0.3, 0.4) is 0 Å². The summed E-state index contributed by atoms with van der Waals surface area (Å²) in [5, 5.41) is 2.93. The van der Waals surface area contributed by atoms with Crippen molar-refractivity contribution in [2.75, 3.05) is 38.6 Å². The smallest absolute Gasteiger partial charge is 0.321 e. The van der Waals surface area contributed by atoms with Crippen molar-refractivity contribution < 1.29 is 13.9 Å². The molecule has 0 bridgehead atoms. The van der Waals surface area contributed by atoms with Gasteiger partial charge in [0, 0.05) is 32.7 Å². The third-order valence-corrected chi connectivity index (χ3v) is 4.54. The number of halogens is 1. The van der Waals surface area contributed by atoms with Gasteiger partial charge in [0.05, 0.1) is 12.8 Å². The summed E-state index contributed by atoms with van der Waals surface area (Å²) in [6, 6.07) is 13.9. The van der Waals surface area contributed by atoms with Crippen LogP contribution in [0.2, 0.25) is 0 Å². The van der Waals surface area contributed by atoms with Crippen LogP contribution in [0.15, 0.2) is 48.5 Å². The van der Waals surface area contributed by atoms with Gasteiger partial charge in [-0.2, -0.15) is 0 Å². The number of methoxy groups -OCH3 is 1. The number of benzene rings is 2. The molecule has 2 aromatic carbocycles. The molecule has 1 fully saturated rings. The summed E-state index contributed by atoms with van der Waals surface area (Å²) in [7, 11) is 1.59. The van der Waals surface area contributed by atoms with Gasteiger partial charge in [0.1, 0.15) is 11.6 Å². The van der Waals surface area contributed by atoms with E-state index < -0.39 is 0 Å². The van der Waals surface area contributed by atoms with Crippen LogP contribution in [0.5, 0.6) is 5.75 Å². The van der Waals surface area contributed by atoms with Crippen LogP contribution in [0.25, 0.3) is 0 Å². The summed E-state index contributed by atoms with van der Waals surface area (Å²) in [6.45, 7) is 3.83. The third kappa shape index (κ3) is 4.73. The van der Waals surface area contributed by atoms with Crippen LogP contribution < -0.4 is 10.1 Å². The van der Waals surface area contributed by atoms with Gasteiger partial charge in [-0.3, -0.25) is 4.90 Å². The van der Waals surface area contributed by atoms with Gasteiger partial charge >= 0.3 is 6.03 Å². The van der Waals surface area contributed by atoms with Gasteiger partial charge in [0.15, 0.2) is 0 Å². The molecule has 1 aliphatic heterocycles. The highest BCUT2D eigenvalue weighted by molar-refractivity contribution is 5.91. The molecule has 0 radical (unpaired) electrons. The van der Waals surface area contributed by atoms with Crippen LogP contribution in [-0.4, -0.2) is 49.1 Å². The van der Waals surface area contributed by atoms with Crippen molar-refractivity contribution in [3.63, 3.8) is 0 Å². The molecule has 2 amide bonds. The minimum absolute atomic E-state index is 0.113. The highest BCUT2D eigenvalue weighted by Crippen LogP contribution is 2.23. The standard InChI is InChI=1S/C20H24FN3O2/c1-26-19-6-3-2-5-18(19)22-20(25)24-12-4-11-23(13-14-24)15-16-7-9-17(21)10-8-16/h2-3,5-10H,4,11-15H2,1H3,(H,22,25). The van der Waals surface area contributed by atoms with Gasteiger partial charge < -0.3 is 15.0 Å². The van der Waals surface area contributed by atoms with Gasteiger partial charge in [0.2, 0.25) is 0 Å². The Hall–Kier alpha value is -2.60. The van der Waals surface area contributed by atoms with Crippen molar-refractivity contribution >= 4 is 11.7 Å². The maximum absolute atomic E-state index is 13.0. The molecule has 138 valence electrons. The molecule has 1 aliphatic rings. The minimum atomic E-state index is -0.219. The average Bonchev–Trinajstić information content (AvgIpc) is 2.90. The van der Waals surface area contributed by atoms with E-state index in [0.717, 1.165) is 31.6 Å². The summed E-state index contributed by atoms with van der Waals surface area (Å²) in [6.07, 6.45) is 0.903. The molecule has 0 atom stereocenters. The van der Waals surface area contributed by atoms with Crippen LogP contribution in [0.4, 0.5) is 14.9 Å². The second-order valence-electron chi connectivity index (χ2n) is 6.37. The van der Waals surface area contributed by atoms with Crippen LogP contribution >= 0.6 is 0 Å². The number of carbonyl (C=O) groups excluding carboxylic acids is 1. The van der Waals surface area contributed by atoms with Crippen molar-refractivity contribution in [1.82, 2.24) is 9.80 Å². The first-order chi connectivity index (χ1) is 12.7. The minimum Gasteiger partial charge on any atom is -0.495 e. The maximum Gasteiger partial charge on any atom is 0.321 e. The molecule has 0 spiro atoms. The fraction of sp³-hybridized carbons (Fsp3) is 0.350. The molecule has 6 heteroatoms. The number of para-hydroxylation sites is 2. The Labute approximate surface area is 153 Å². The van der Waals surface area contributed by atoms with Crippen LogP contribution in [0, 0.1) is 5.82 Å². The van der Waals surface area contributed by atoms with Crippen molar-refractivity contribution in [3.8, 4) is 5.75 Å². The predicted molar refractivity (Wildman–Crippen MR) is 99.9 cm³/mol. The largest absolute Gasteiger partial charge is 0.495 e. The summed E-state index contributed by atoms with van der Waals surface area (Å²) >= 11 is 0. The number of anilines is 1. The molecule has 1 saturated heterocycles. The number of rotatable bonds is 4. The highest BCUT2D eigenvalue weighted by atomic mass is 19.1. The predicted octanol–water partition coefficient (Wildman–Crippen LogP) is 3.57. The molecular formula is C20H24FN3O2. The normalized spacial score (nSPS) is 15.4. The molecule has 5 nitrogen and oxygen atoms in total. The lowest BCUT2D eigenvalue weighted by Crippen LogP contribution is -2.38. The Morgan fingerprint density at radius 3 is 2.62 bits per heavy atom. The first kappa shape index (κ1) is 18.2. The second kappa shape index (κ2) is 8.67. The van der Waals surface area contributed by atoms with Crippen molar-refractivity contribution in [2.24, 2.45) is 0 Å². The lowest BCUT2D eigenvalue weighted by molar-refractivity contribution is 0.211. The molecular weight excluding hydrogens is 333 g/mol. The monoisotopic (exact) mass is 357 g/mol. The zero-order valence-electron chi connectivity index (χ0n) is 15.0. The van der Waals surface area contributed by atoms with Crippen molar-refractivity contribution in [3.05, 3.63) is 59.9 Å². The third-order valence-electron chi connectivity index (χ3n) is 4.54. The maximum atomic E-state index is 13.0.